The van der Waals surface area contributed by atoms with Gasteiger partial charge in [-0.25, -0.2) is 0 Å². The quantitative estimate of drug-likeness (QED) is 0.584. The molecule has 0 fully saturated rings. The van der Waals surface area contributed by atoms with Crippen LogP contribution in [-0.4, -0.2) is 12.2 Å². The molecular formula is C10H24O. The molecule has 0 unspecified atom stereocenters. The van der Waals surface area contributed by atoms with Gasteiger partial charge in [-0.1, -0.05) is 39.3 Å². The second-order valence-corrected chi connectivity index (χ2v) is 2.19. The van der Waals surface area contributed by atoms with E-state index in [0.717, 1.165) is 13.0 Å². The van der Waals surface area contributed by atoms with Crippen LogP contribution in [0.5, 0.6) is 0 Å². The summed E-state index contributed by atoms with van der Waals surface area (Å²) >= 11 is 0. The summed E-state index contributed by atoms with van der Waals surface area (Å²) < 4.78 is 0. The number of aliphatic hydroxyl groups excluding tert-OH is 1. The van der Waals surface area contributed by atoms with E-state index in [9.17, 15) is 0 Å². The van der Waals surface area contributed by atoms with Gasteiger partial charge in [0.2, 0.25) is 0 Å². The van der Waals surface area contributed by atoms with E-state index in [4.69, 9.17) is 5.11 Å². The summed E-state index contributed by atoms with van der Waals surface area (Å²) in [6, 6.07) is 0. The second kappa shape index (κ2) is 16.4. The van der Waals surface area contributed by atoms with Crippen molar-refractivity contribution in [3.8, 4) is 0 Å². The molecule has 0 amide bonds. The maximum Gasteiger partial charge on any atom is 0.0319 e. The molecule has 0 bridgehead atoms. The second-order valence-electron chi connectivity index (χ2n) is 2.19. The van der Waals surface area contributed by atoms with Crippen molar-refractivity contribution in [1.82, 2.24) is 0 Å². The molecule has 1 N–H and O–H groups in total. The molecule has 11 heavy (non-hydrogen) atoms. The van der Waals surface area contributed by atoms with Crippen LogP contribution in [0.4, 0.5) is 0 Å². The van der Waals surface area contributed by atoms with Crippen LogP contribution < -0.4 is 0 Å². The predicted molar refractivity (Wildman–Crippen MR) is 53.8 cm³/mol. The Hall–Kier alpha value is -0.300. The van der Waals surface area contributed by atoms with Gasteiger partial charge in [0.05, 0.1) is 0 Å². The smallest absolute Gasteiger partial charge is 0.0319 e. The Balaban J connectivity index is -0.000000138. The first kappa shape index (κ1) is 17.0. The molecule has 0 spiro atoms. The molecule has 0 heterocycles. The summed E-state index contributed by atoms with van der Waals surface area (Å²) in [4.78, 5) is 0. The monoisotopic (exact) mass is 160 g/mol. The first-order chi connectivity index (χ1) is 5.18. The lowest BCUT2D eigenvalue weighted by atomic mass is 10.1. The van der Waals surface area contributed by atoms with Gasteiger partial charge in [0.1, 0.15) is 0 Å². The highest BCUT2D eigenvalue weighted by atomic mass is 16.2. The van der Waals surface area contributed by atoms with Crippen LogP contribution in [0, 0.1) is 5.92 Å². The van der Waals surface area contributed by atoms with Gasteiger partial charge in [0.25, 0.3) is 0 Å². The van der Waals surface area contributed by atoms with Gasteiger partial charge in [-0.15, -0.1) is 0 Å². The molecule has 0 aromatic heterocycles. The van der Waals surface area contributed by atoms with Gasteiger partial charge in [-0.2, -0.15) is 0 Å². The Morgan fingerprint density at radius 3 is 1.45 bits per heavy atom. The Morgan fingerprint density at radius 1 is 1.18 bits per heavy atom. The zero-order valence-corrected chi connectivity index (χ0v) is 9.10. The molecule has 0 saturated heterocycles. The number of allylic oxidation sites excluding steroid dienone is 2. The van der Waals surface area contributed by atoms with E-state index in [1.165, 1.54) is 5.57 Å². The Kier molecular flexibility index (Phi) is 25.2. The molecule has 0 radical (unpaired) electrons. The zero-order valence-electron chi connectivity index (χ0n) is 9.10. The largest absolute Gasteiger partial charge is 0.400 e. The molecule has 0 aliphatic carbocycles. The summed E-state index contributed by atoms with van der Waals surface area (Å²) in [6.45, 7) is 12.6. The molecule has 0 aromatic carbocycles. The third-order valence-corrected chi connectivity index (χ3v) is 1.37. The zero-order chi connectivity index (χ0) is 9.86. The van der Waals surface area contributed by atoms with Crippen molar-refractivity contribution in [2.75, 3.05) is 7.11 Å². The van der Waals surface area contributed by atoms with Crippen molar-refractivity contribution in [2.24, 2.45) is 5.92 Å². The lowest BCUT2D eigenvalue weighted by Crippen LogP contribution is -1.85. The van der Waals surface area contributed by atoms with Crippen molar-refractivity contribution < 1.29 is 5.11 Å². The van der Waals surface area contributed by atoms with E-state index in [0.29, 0.717) is 0 Å². The lowest BCUT2D eigenvalue weighted by Gasteiger charge is -2.00. The summed E-state index contributed by atoms with van der Waals surface area (Å²) in [5.41, 5.74) is 1.47. The molecule has 0 aromatic rings. The first-order valence-electron chi connectivity index (χ1n) is 4.26. The van der Waals surface area contributed by atoms with Crippen LogP contribution in [-0.2, 0) is 0 Å². The molecule has 1 heteroatoms. The molecule has 0 aliphatic rings. The van der Waals surface area contributed by atoms with E-state index in [1.807, 2.05) is 13.8 Å². The van der Waals surface area contributed by atoms with Crippen LogP contribution in [0.2, 0.25) is 0 Å². The maximum atomic E-state index is 7.00. The molecule has 1 nitrogen and oxygen atoms in total. The number of aliphatic hydroxyl groups is 1. The van der Waals surface area contributed by atoms with Gasteiger partial charge in [-0.05, 0) is 19.8 Å². The average Bonchev–Trinajstić information content (AvgIpc) is 2.10. The van der Waals surface area contributed by atoms with Gasteiger partial charge in [-0.3, -0.25) is 0 Å². The van der Waals surface area contributed by atoms with Crippen LogP contribution in [0.15, 0.2) is 11.6 Å². The van der Waals surface area contributed by atoms with Crippen LogP contribution in [0.1, 0.15) is 41.5 Å². The minimum Gasteiger partial charge on any atom is -0.400 e. The Bertz CT molecular complexity index is 72.9. The van der Waals surface area contributed by atoms with Crippen LogP contribution >= 0.6 is 0 Å². The summed E-state index contributed by atoms with van der Waals surface area (Å²) in [5.74, 6) is 0.727. The highest BCUT2D eigenvalue weighted by Crippen LogP contribution is 2.05. The van der Waals surface area contributed by atoms with Gasteiger partial charge in [0, 0.05) is 7.11 Å². The molecule has 0 aliphatic heterocycles. The summed E-state index contributed by atoms with van der Waals surface area (Å²) in [7, 11) is 1.00. The molecule has 0 rings (SSSR count). The fraction of sp³-hybridized carbons (Fsp3) is 0.800. The van der Waals surface area contributed by atoms with Crippen molar-refractivity contribution in [3.63, 3.8) is 0 Å². The lowest BCUT2D eigenvalue weighted by molar-refractivity contribution is 0.399. The Morgan fingerprint density at radius 2 is 1.45 bits per heavy atom. The molecular weight excluding hydrogens is 136 g/mol. The minimum absolute atomic E-state index is 0.727. The van der Waals surface area contributed by atoms with E-state index >= 15 is 0 Å². The number of hydrogen-bond acceptors (Lipinski definition) is 1. The van der Waals surface area contributed by atoms with Crippen molar-refractivity contribution >= 4 is 0 Å². The number of hydrogen-bond donors (Lipinski definition) is 1. The first-order valence-corrected chi connectivity index (χ1v) is 4.26. The minimum atomic E-state index is 0.727. The van der Waals surface area contributed by atoms with E-state index in [2.05, 4.69) is 33.8 Å². The molecule has 0 saturated carbocycles. The highest BCUT2D eigenvalue weighted by molar-refractivity contribution is 4.97. The third kappa shape index (κ3) is 17.7. The van der Waals surface area contributed by atoms with Crippen LogP contribution in [0.25, 0.3) is 0 Å². The maximum absolute atomic E-state index is 7.00. The molecule has 0 atom stereocenters. The predicted octanol–water partition coefficient (Wildman–Crippen LogP) is 3.24. The topological polar surface area (TPSA) is 20.2 Å². The summed E-state index contributed by atoms with van der Waals surface area (Å²) in [5, 5.41) is 7.00. The standard InChI is InChI=1S/C7H14.C2H6.CH4O/c1-5-7(4)6(2)3;2*1-2/h5-6H,1-4H3;1-2H3;2H,1H3/b7-5-;;. The van der Waals surface area contributed by atoms with Crippen molar-refractivity contribution in [2.45, 2.75) is 41.5 Å². The average molecular weight is 160 g/mol. The fourth-order valence-corrected chi connectivity index (χ4v) is 0.333. The fourth-order valence-electron chi connectivity index (χ4n) is 0.333. The van der Waals surface area contributed by atoms with Crippen LogP contribution in [0.3, 0.4) is 0 Å². The Labute approximate surface area is 72.1 Å². The van der Waals surface area contributed by atoms with E-state index < -0.39 is 0 Å². The van der Waals surface area contributed by atoms with Gasteiger partial charge >= 0.3 is 0 Å². The SMILES string of the molecule is C/C=C(/C)C(C)C.CC.CO. The van der Waals surface area contributed by atoms with Gasteiger partial charge in [0.15, 0.2) is 0 Å². The normalized spacial score (nSPS) is 9.36. The van der Waals surface area contributed by atoms with E-state index in [1.54, 1.807) is 0 Å². The van der Waals surface area contributed by atoms with Crippen molar-refractivity contribution in [1.29, 1.82) is 0 Å². The highest BCUT2D eigenvalue weighted by Gasteiger charge is 1.90. The number of rotatable bonds is 1. The van der Waals surface area contributed by atoms with Gasteiger partial charge < -0.3 is 5.11 Å². The third-order valence-electron chi connectivity index (χ3n) is 1.37. The summed E-state index contributed by atoms with van der Waals surface area (Å²) in [6.07, 6.45) is 2.16. The van der Waals surface area contributed by atoms with Crippen molar-refractivity contribution in [3.05, 3.63) is 11.6 Å². The molecule has 70 valence electrons. The van der Waals surface area contributed by atoms with E-state index in [-0.39, 0.29) is 0 Å².